The fourth-order valence-electron chi connectivity index (χ4n) is 2.37. The molecule has 1 amide bonds. The van der Waals surface area contributed by atoms with Crippen LogP contribution in [-0.4, -0.2) is 23.2 Å². The fraction of sp³-hybridized carbons (Fsp3) is 0.333. The van der Waals surface area contributed by atoms with E-state index in [1.165, 1.54) is 12.5 Å². The van der Waals surface area contributed by atoms with Crippen molar-refractivity contribution >= 4 is 11.6 Å². The molecule has 0 spiro atoms. The van der Waals surface area contributed by atoms with Crippen molar-refractivity contribution in [1.82, 2.24) is 0 Å². The van der Waals surface area contributed by atoms with Crippen LogP contribution in [0.5, 0.6) is 5.75 Å². The maximum absolute atomic E-state index is 12.4. The molecule has 26 heavy (non-hydrogen) atoms. The van der Waals surface area contributed by atoms with Crippen LogP contribution in [0.25, 0.3) is 0 Å². The normalized spacial score (nSPS) is 13.0. The highest BCUT2D eigenvalue weighted by atomic mass is 16.5. The maximum atomic E-state index is 12.4. The molecule has 2 aromatic rings. The third-order valence-corrected chi connectivity index (χ3v) is 4.16. The third-order valence-electron chi connectivity index (χ3n) is 4.16. The van der Waals surface area contributed by atoms with Crippen LogP contribution >= 0.6 is 0 Å². The Hall–Kier alpha value is -2.84. The van der Waals surface area contributed by atoms with Crippen LogP contribution in [0.15, 0.2) is 42.5 Å². The average molecular weight is 352 g/mol. The summed E-state index contributed by atoms with van der Waals surface area (Å²) in [4.78, 5) is 12.4. The lowest BCUT2D eigenvalue weighted by Crippen LogP contribution is -2.45. The zero-order valence-electron chi connectivity index (χ0n) is 15.5. The third kappa shape index (κ3) is 4.84. The van der Waals surface area contributed by atoms with Crippen LogP contribution in [0, 0.1) is 18.3 Å². The van der Waals surface area contributed by atoms with Crippen molar-refractivity contribution in [3.63, 3.8) is 0 Å². The van der Waals surface area contributed by atoms with E-state index in [2.05, 4.69) is 25.2 Å². The van der Waals surface area contributed by atoms with Crippen molar-refractivity contribution in [2.45, 2.75) is 39.2 Å². The topological polar surface area (TPSA) is 82.3 Å². The lowest BCUT2D eigenvalue weighted by molar-refractivity contribution is -0.135. The standard InChI is InChI=1S/C21H24N2O3/c1-14(2)16-6-9-19(10-7-16)26-13-21(4,25)20(24)23-18-8-5-17(12-22)15(3)11-18/h5-11,14,25H,13H2,1-4H3,(H,23,24)/t21-/m1/s1. The van der Waals surface area contributed by atoms with Crippen molar-refractivity contribution in [1.29, 1.82) is 5.26 Å². The number of nitrogens with zero attached hydrogens (tertiary/aromatic N) is 1. The summed E-state index contributed by atoms with van der Waals surface area (Å²) in [7, 11) is 0. The highest BCUT2D eigenvalue weighted by molar-refractivity contribution is 5.97. The van der Waals surface area contributed by atoms with Crippen molar-refractivity contribution in [3.05, 3.63) is 59.2 Å². The smallest absolute Gasteiger partial charge is 0.259 e. The van der Waals surface area contributed by atoms with E-state index in [0.717, 1.165) is 5.56 Å². The zero-order valence-corrected chi connectivity index (χ0v) is 15.5. The summed E-state index contributed by atoms with van der Waals surface area (Å²) in [5, 5.41) is 22.0. The first-order chi connectivity index (χ1) is 12.2. The van der Waals surface area contributed by atoms with Crippen LogP contribution in [0.4, 0.5) is 5.69 Å². The highest BCUT2D eigenvalue weighted by Crippen LogP contribution is 2.20. The van der Waals surface area contributed by atoms with E-state index in [4.69, 9.17) is 10.00 Å². The Balaban J connectivity index is 1.99. The molecule has 0 radical (unpaired) electrons. The molecule has 2 aromatic carbocycles. The summed E-state index contributed by atoms with van der Waals surface area (Å²) in [6, 6.07) is 14.6. The second-order valence-electron chi connectivity index (χ2n) is 6.88. The van der Waals surface area contributed by atoms with Crippen LogP contribution in [0.1, 0.15) is 43.4 Å². The second-order valence-corrected chi connectivity index (χ2v) is 6.88. The summed E-state index contributed by atoms with van der Waals surface area (Å²) in [6.45, 7) is 7.23. The van der Waals surface area contributed by atoms with Gasteiger partial charge in [0.2, 0.25) is 0 Å². The molecule has 5 heteroatoms. The van der Waals surface area contributed by atoms with Gasteiger partial charge in [-0.25, -0.2) is 0 Å². The molecule has 136 valence electrons. The number of aliphatic hydroxyl groups is 1. The molecule has 2 N–H and O–H groups in total. The second kappa shape index (κ2) is 8.03. The summed E-state index contributed by atoms with van der Waals surface area (Å²) in [5.74, 6) is 0.450. The van der Waals surface area contributed by atoms with Crippen molar-refractivity contribution in [3.8, 4) is 11.8 Å². The van der Waals surface area contributed by atoms with Crippen LogP contribution in [0.2, 0.25) is 0 Å². The van der Waals surface area contributed by atoms with Crippen molar-refractivity contribution < 1.29 is 14.6 Å². The SMILES string of the molecule is Cc1cc(NC(=O)[C@](C)(O)COc2ccc(C(C)C)cc2)ccc1C#N. The van der Waals surface area contributed by atoms with Gasteiger partial charge in [0.05, 0.1) is 11.6 Å². The molecular formula is C21H24N2O3. The molecule has 0 aliphatic rings. The molecule has 0 heterocycles. The number of anilines is 1. The first-order valence-electron chi connectivity index (χ1n) is 8.50. The van der Waals surface area contributed by atoms with Gasteiger partial charge in [0, 0.05) is 5.69 Å². The van der Waals surface area contributed by atoms with E-state index in [0.29, 0.717) is 22.9 Å². The van der Waals surface area contributed by atoms with E-state index >= 15 is 0 Å². The zero-order chi connectivity index (χ0) is 19.3. The molecule has 0 unspecified atom stereocenters. The van der Waals surface area contributed by atoms with E-state index in [9.17, 15) is 9.90 Å². The highest BCUT2D eigenvalue weighted by Gasteiger charge is 2.31. The molecule has 1 atom stereocenters. The van der Waals surface area contributed by atoms with Crippen LogP contribution in [-0.2, 0) is 4.79 Å². The first-order valence-corrected chi connectivity index (χ1v) is 8.50. The Morgan fingerprint density at radius 1 is 1.27 bits per heavy atom. The molecule has 0 aliphatic carbocycles. The van der Waals surface area contributed by atoms with Crippen LogP contribution < -0.4 is 10.1 Å². The first kappa shape index (κ1) is 19.5. The minimum absolute atomic E-state index is 0.172. The Bertz CT molecular complexity index is 818. The van der Waals surface area contributed by atoms with Gasteiger partial charge in [-0.2, -0.15) is 5.26 Å². The van der Waals surface area contributed by atoms with Gasteiger partial charge in [-0.15, -0.1) is 0 Å². The number of amides is 1. The molecule has 0 saturated heterocycles. The molecule has 0 aliphatic heterocycles. The maximum Gasteiger partial charge on any atom is 0.259 e. The molecule has 0 fully saturated rings. The number of aryl methyl sites for hydroxylation is 1. The minimum Gasteiger partial charge on any atom is -0.490 e. The largest absolute Gasteiger partial charge is 0.490 e. The summed E-state index contributed by atoms with van der Waals surface area (Å²) >= 11 is 0. The fourth-order valence-corrected chi connectivity index (χ4v) is 2.37. The van der Waals surface area contributed by atoms with E-state index in [1.807, 2.05) is 24.3 Å². The van der Waals surface area contributed by atoms with Gasteiger partial charge >= 0.3 is 0 Å². The number of hydrogen-bond acceptors (Lipinski definition) is 4. The number of benzene rings is 2. The van der Waals surface area contributed by atoms with Gasteiger partial charge in [0.15, 0.2) is 5.60 Å². The van der Waals surface area contributed by atoms with Crippen molar-refractivity contribution in [2.24, 2.45) is 0 Å². The Morgan fingerprint density at radius 2 is 1.92 bits per heavy atom. The predicted octanol–water partition coefficient (Wildman–Crippen LogP) is 3.76. The quantitative estimate of drug-likeness (QED) is 0.829. The number of carbonyl (C=O) groups is 1. The Kier molecular flexibility index (Phi) is 6.01. The predicted molar refractivity (Wildman–Crippen MR) is 101 cm³/mol. The number of nitriles is 1. The number of rotatable bonds is 6. The summed E-state index contributed by atoms with van der Waals surface area (Å²) < 4.78 is 5.57. The molecule has 0 aromatic heterocycles. The van der Waals surface area contributed by atoms with E-state index in [-0.39, 0.29) is 6.61 Å². The number of nitrogens with one attached hydrogen (secondary N) is 1. The monoisotopic (exact) mass is 352 g/mol. The molecular weight excluding hydrogens is 328 g/mol. The molecule has 2 rings (SSSR count). The van der Waals surface area contributed by atoms with E-state index in [1.54, 1.807) is 25.1 Å². The molecule has 0 saturated carbocycles. The van der Waals surface area contributed by atoms with Gasteiger partial charge in [-0.05, 0) is 61.2 Å². The molecule has 0 bridgehead atoms. The summed E-state index contributed by atoms with van der Waals surface area (Å²) in [6.07, 6.45) is 0. The minimum atomic E-state index is -1.70. The van der Waals surface area contributed by atoms with Gasteiger partial charge < -0.3 is 15.2 Å². The van der Waals surface area contributed by atoms with Gasteiger partial charge in [-0.3, -0.25) is 4.79 Å². The lowest BCUT2D eigenvalue weighted by Gasteiger charge is -2.23. The average Bonchev–Trinajstić information content (AvgIpc) is 2.60. The number of hydrogen-bond donors (Lipinski definition) is 2. The number of carbonyl (C=O) groups excluding carboxylic acids is 1. The Labute approximate surface area is 154 Å². The lowest BCUT2D eigenvalue weighted by atomic mass is 10.0. The van der Waals surface area contributed by atoms with Crippen molar-refractivity contribution in [2.75, 3.05) is 11.9 Å². The van der Waals surface area contributed by atoms with E-state index < -0.39 is 11.5 Å². The van der Waals surface area contributed by atoms with Gasteiger partial charge in [0.25, 0.3) is 5.91 Å². The van der Waals surface area contributed by atoms with Gasteiger partial charge in [-0.1, -0.05) is 26.0 Å². The Morgan fingerprint density at radius 3 is 2.46 bits per heavy atom. The number of ether oxygens (including phenoxy) is 1. The van der Waals surface area contributed by atoms with Gasteiger partial charge in [0.1, 0.15) is 12.4 Å². The summed E-state index contributed by atoms with van der Waals surface area (Å²) in [5.41, 5.74) is 1.32. The molecule has 5 nitrogen and oxygen atoms in total. The van der Waals surface area contributed by atoms with Crippen LogP contribution in [0.3, 0.4) is 0 Å².